The Bertz CT molecular complexity index is 2710. The fraction of sp³-hybridized carbons (Fsp3) is 0.273. The van der Waals surface area contributed by atoms with Crippen molar-refractivity contribution in [3.8, 4) is 11.1 Å². The van der Waals surface area contributed by atoms with Crippen molar-refractivity contribution >= 4 is 65.4 Å². The van der Waals surface area contributed by atoms with E-state index in [4.69, 9.17) is 0 Å². The summed E-state index contributed by atoms with van der Waals surface area (Å²) in [5.74, 6) is 0.719. The Balaban J connectivity index is 1.02. The van der Waals surface area contributed by atoms with Gasteiger partial charge >= 0.3 is 0 Å². The van der Waals surface area contributed by atoms with Crippen LogP contribution in [0.1, 0.15) is 12.0 Å². The van der Waals surface area contributed by atoms with E-state index in [1.807, 2.05) is 80.8 Å². The number of nitro groups is 1. The Labute approximate surface area is 361 Å². The largest absolute Gasteiger partial charge is 0.376 e. The maximum absolute atomic E-state index is 13.8. The third-order valence-electron chi connectivity index (χ3n) is 10.5. The van der Waals surface area contributed by atoms with Gasteiger partial charge in [-0.2, -0.15) is 0 Å². The van der Waals surface area contributed by atoms with Gasteiger partial charge in [-0.1, -0.05) is 54.6 Å². The van der Waals surface area contributed by atoms with Crippen LogP contribution in [-0.2, 0) is 26.4 Å². The summed E-state index contributed by atoms with van der Waals surface area (Å²) in [6.45, 7) is 4.62. The molecule has 7 rings (SSSR count). The van der Waals surface area contributed by atoms with Gasteiger partial charge in [0.2, 0.25) is 0 Å². The predicted octanol–water partition coefficient (Wildman–Crippen LogP) is 7.26. The second kappa shape index (κ2) is 19.0. The van der Waals surface area contributed by atoms with Crippen LogP contribution in [0.15, 0.2) is 136 Å². The van der Waals surface area contributed by atoms with Crippen LogP contribution in [0, 0.1) is 10.1 Å². The molecule has 5 aromatic carbocycles. The van der Waals surface area contributed by atoms with Crippen LogP contribution in [0.2, 0.25) is 0 Å². The molecule has 0 aliphatic carbocycles. The average Bonchev–Trinajstić information content (AvgIpc) is 3.25. The lowest BCUT2D eigenvalue weighted by Gasteiger charge is -2.36. The molecule has 1 atom stereocenters. The number of fused-ring (bicyclic) bond motifs is 1. The van der Waals surface area contributed by atoms with E-state index in [0.717, 1.165) is 72.6 Å². The van der Waals surface area contributed by atoms with Crippen molar-refractivity contribution in [3.05, 3.63) is 137 Å². The third kappa shape index (κ3) is 11.0. The smallest absolute Gasteiger partial charge is 0.293 e. The third-order valence-corrected chi connectivity index (χ3v) is 14.2. The summed E-state index contributed by atoms with van der Waals surface area (Å²) in [7, 11) is -3.63. The number of nitrogens with one attached hydrogen (secondary N) is 2. The molecule has 6 aromatic rings. The number of piperazine rings is 1. The normalized spacial score (nSPS) is 14.3. The van der Waals surface area contributed by atoms with E-state index in [-0.39, 0.29) is 28.1 Å². The molecule has 2 heterocycles. The van der Waals surface area contributed by atoms with Crippen molar-refractivity contribution in [1.82, 2.24) is 19.8 Å². The molecule has 0 bridgehead atoms. The summed E-state index contributed by atoms with van der Waals surface area (Å²) >= 11 is 1.65. The zero-order chi connectivity index (χ0) is 43.1. The molecule has 1 unspecified atom stereocenters. The van der Waals surface area contributed by atoms with E-state index in [1.165, 1.54) is 24.7 Å². The molecule has 318 valence electrons. The highest BCUT2D eigenvalue weighted by Crippen LogP contribution is 2.33. The van der Waals surface area contributed by atoms with Crippen molar-refractivity contribution in [3.63, 3.8) is 0 Å². The van der Waals surface area contributed by atoms with Gasteiger partial charge in [0, 0.05) is 72.8 Å². The van der Waals surface area contributed by atoms with E-state index in [2.05, 4.69) is 46.8 Å². The van der Waals surface area contributed by atoms with Gasteiger partial charge in [0.25, 0.3) is 15.7 Å². The lowest BCUT2D eigenvalue weighted by atomic mass is 9.99. The second-order valence-corrected chi connectivity index (χ2v) is 20.0. The summed E-state index contributed by atoms with van der Waals surface area (Å²) in [4.78, 5) is 28.3. The number of hydrogen-bond acceptors (Lipinski definition) is 13. The van der Waals surface area contributed by atoms with Crippen LogP contribution >= 0.6 is 11.8 Å². The zero-order valence-electron chi connectivity index (χ0n) is 34.1. The summed E-state index contributed by atoms with van der Waals surface area (Å²) < 4.78 is 54.0. The molecule has 0 saturated carbocycles. The van der Waals surface area contributed by atoms with E-state index >= 15 is 0 Å². The first-order valence-corrected chi connectivity index (χ1v) is 24.1. The number of benzene rings is 5. The number of nitrogens with zero attached hydrogens (tertiary/aromatic N) is 6. The Morgan fingerprint density at radius 2 is 1.54 bits per heavy atom. The van der Waals surface area contributed by atoms with Crippen LogP contribution < -0.4 is 14.9 Å². The van der Waals surface area contributed by atoms with Crippen molar-refractivity contribution in [2.45, 2.75) is 33.7 Å². The highest BCUT2D eigenvalue weighted by Gasteiger charge is 2.25. The molecule has 0 spiro atoms. The Kier molecular flexibility index (Phi) is 13.5. The zero-order valence-corrected chi connectivity index (χ0v) is 36.6. The minimum atomic E-state index is -4.29. The highest BCUT2D eigenvalue weighted by atomic mass is 32.2. The molecule has 1 aliphatic rings. The number of sulfonamides is 1. The molecule has 1 aliphatic heterocycles. The standard InChI is InChI=1S/C44H48N8O6S3/c1-49(2)22-21-34(30-59-36-10-5-4-6-11-36)47-41-20-18-38(28-43(41)52(53)54)61(57,58)48-44-40-19-15-35(27-42(40)45-31-46-44)51-25-23-50(24-26-51)29-33-9-7-8-12-39(33)32-13-16-37(17-14-32)60(3,55)56/h4-20,27-28,31,34,47H,21-26,29-30H2,1-3H3,(H,45,46,48). The Hall–Kier alpha value is -5.59. The lowest BCUT2D eigenvalue weighted by molar-refractivity contribution is -0.384. The summed E-state index contributed by atoms with van der Waals surface area (Å²) in [6.07, 6.45) is 3.22. The summed E-state index contributed by atoms with van der Waals surface area (Å²) in [5.41, 5.74) is 4.56. The Morgan fingerprint density at radius 3 is 2.25 bits per heavy atom. The minimum absolute atomic E-state index is 0.0672. The monoisotopic (exact) mass is 880 g/mol. The van der Waals surface area contributed by atoms with Gasteiger partial charge in [-0.15, -0.1) is 11.8 Å². The molecular formula is C44H48N8O6S3. The fourth-order valence-electron chi connectivity index (χ4n) is 7.23. The SMILES string of the molecule is CN(C)CCC(CSc1ccccc1)Nc1ccc(S(=O)(=O)Nc2ncnc3cc(N4CCN(Cc5ccccc5-c5ccc(S(C)(=O)=O)cc5)CC4)ccc23)cc1[N+](=O)[O-]. The predicted molar refractivity (Wildman–Crippen MR) is 244 cm³/mol. The number of nitro benzene ring substituents is 1. The molecule has 1 saturated heterocycles. The van der Waals surface area contributed by atoms with Gasteiger partial charge in [0.1, 0.15) is 12.0 Å². The first-order chi connectivity index (χ1) is 29.2. The van der Waals surface area contributed by atoms with Gasteiger partial charge in [0.05, 0.1) is 20.2 Å². The molecule has 1 aromatic heterocycles. The first kappa shape index (κ1) is 43.5. The van der Waals surface area contributed by atoms with E-state index in [9.17, 15) is 26.9 Å². The molecule has 14 nitrogen and oxygen atoms in total. The maximum Gasteiger partial charge on any atom is 0.293 e. The molecule has 0 radical (unpaired) electrons. The van der Waals surface area contributed by atoms with E-state index in [0.29, 0.717) is 28.0 Å². The first-order valence-electron chi connectivity index (χ1n) is 19.7. The number of aromatic nitrogens is 2. The van der Waals surface area contributed by atoms with Crippen LogP contribution in [0.5, 0.6) is 0 Å². The average molecular weight is 881 g/mol. The van der Waals surface area contributed by atoms with Crippen molar-refractivity contribution in [2.75, 3.05) is 73.8 Å². The van der Waals surface area contributed by atoms with Crippen LogP contribution in [0.4, 0.5) is 22.9 Å². The number of anilines is 3. The van der Waals surface area contributed by atoms with Crippen LogP contribution in [0.3, 0.4) is 0 Å². The van der Waals surface area contributed by atoms with Crippen LogP contribution in [-0.4, -0.2) is 106 Å². The number of sulfone groups is 1. The number of rotatable bonds is 17. The van der Waals surface area contributed by atoms with Crippen LogP contribution in [0.25, 0.3) is 22.0 Å². The van der Waals surface area contributed by atoms with E-state index < -0.39 is 24.8 Å². The van der Waals surface area contributed by atoms with Gasteiger partial charge < -0.3 is 15.1 Å². The Morgan fingerprint density at radius 1 is 0.836 bits per heavy atom. The molecule has 61 heavy (non-hydrogen) atoms. The molecule has 1 fully saturated rings. The highest BCUT2D eigenvalue weighted by molar-refractivity contribution is 7.99. The lowest BCUT2D eigenvalue weighted by Crippen LogP contribution is -2.46. The second-order valence-electron chi connectivity index (χ2n) is 15.2. The minimum Gasteiger partial charge on any atom is -0.376 e. The topological polar surface area (TPSA) is 171 Å². The van der Waals surface area contributed by atoms with Gasteiger partial charge in [-0.3, -0.25) is 19.7 Å². The van der Waals surface area contributed by atoms with Crippen molar-refractivity contribution < 1.29 is 21.8 Å². The van der Waals surface area contributed by atoms with Gasteiger partial charge in [0.15, 0.2) is 15.7 Å². The fourth-order valence-corrected chi connectivity index (χ4v) is 9.91. The summed E-state index contributed by atoms with van der Waals surface area (Å²) in [5, 5.41) is 16.1. The maximum atomic E-state index is 13.8. The number of hydrogen-bond donors (Lipinski definition) is 2. The molecule has 2 N–H and O–H groups in total. The number of thioether (sulfide) groups is 1. The van der Waals surface area contributed by atoms with Crippen molar-refractivity contribution in [1.29, 1.82) is 0 Å². The van der Waals surface area contributed by atoms with Gasteiger partial charge in [-0.25, -0.2) is 26.8 Å². The summed E-state index contributed by atoms with van der Waals surface area (Å²) in [6, 6.07) is 34.5. The molecule has 0 amide bonds. The molecule has 17 heteroatoms. The van der Waals surface area contributed by atoms with Crippen molar-refractivity contribution in [2.24, 2.45) is 0 Å². The van der Waals surface area contributed by atoms with Gasteiger partial charge in [-0.05, 0) is 98.3 Å². The van der Waals surface area contributed by atoms with E-state index in [1.54, 1.807) is 30.0 Å². The molecular weight excluding hydrogens is 833 g/mol. The quantitative estimate of drug-likeness (QED) is 0.0534.